The first kappa shape index (κ1) is 15.0. The van der Waals surface area contributed by atoms with Crippen LogP contribution in [0.25, 0.3) is 0 Å². The van der Waals surface area contributed by atoms with E-state index >= 15 is 0 Å². The summed E-state index contributed by atoms with van der Waals surface area (Å²) in [5.74, 6) is 0.466. The van der Waals surface area contributed by atoms with Gasteiger partial charge in [0.25, 0.3) is 5.91 Å². The summed E-state index contributed by atoms with van der Waals surface area (Å²) in [6.07, 6.45) is 6.85. The summed E-state index contributed by atoms with van der Waals surface area (Å²) < 4.78 is 6.13. The van der Waals surface area contributed by atoms with Crippen LogP contribution in [0.1, 0.15) is 50.4 Å². The molecule has 1 aromatic heterocycles. The first-order valence-electron chi connectivity index (χ1n) is 7.55. The minimum absolute atomic E-state index is 0.0502. The van der Waals surface area contributed by atoms with Gasteiger partial charge in [0, 0.05) is 19.3 Å². The molecule has 1 aliphatic heterocycles. The molecule has 20 heavy (non-hydrogen) atoms. The van der Waals surface area contributed by atoms with Crippen LogP contribution >= 0.6 is 0 Å². The number of ether oxygens (including phenoxy) is 1. The molecule has 112 valence electrons. The normalized spacial score (nSPS) is 23.3. The summed E-state index contributed by atoms with van der Waals surface area (Å²) in [7, 11) is 0. The zero-order chi connectivity index (χ0) is 14.5. The number of morpholine rings is 1. The van der Waals surface area contributed by atoms with Gasteiger partial charge in [-0.2, -0.15) is 5.10 Å². The maximum absolute atomic E-state index is 12.5. The van der Waals surface area contributed by atoms with E-state index in [0.717, 1.165) is 19.3 Å². The van der Waals surface area contributed by atoms with E-state index in [1.165, 1.54) is 0 Å². The summed E-state index contributed by atoms with van der Waals surface area (Å²) in [4.78, 5) is 14.4. The first-order valence-corrected chi connectivity index (χ1v) is 7.55. The fraction of sp³-hybridized carbons (Fsp3) is 0.733. The summed E-state index contributed by atoms with van der Waals surface area (Å²) in [5, 5.41) is 6.56. The average molecular weight is 279 g/mol. The Balaban J connectivity index is 2.05. The fourth-order valence-corrected chi connectivity index (χ4v) is 2.55. The van der Waals surface area contributed by atoms with Gasteiger partial charge in [-0.05, 0) is 12.3 Å². The van der Waals surface area contributed by atoms with E-state index in [2.05, 4.69) is 31.0 Å². The Morgan fingerprint density at radius 3 is 2.95 bits per heavy atom. The molecule has 2 atom stereocenters. The fourth-order valence-electron chi connectivity index (χ4n) is 2.55. The van der Waals surface area contributed by atoms with Gasteiger partial charge in [-0.25, -0.2) is 0 Å². The lowest BCUT2D eigenvalue weighted by Gasteiger charge is -2.39. The molecule has 0 radical (unpaired) electrons. The minimum atomic E-state index is 0.0502. The van der Waals surface area contributed by atoms with Gasteiger partial charge in [0.05, 0.1) is 24.0 Å². The summed E-state index contributed by atoms with van der Waals surface area (Å²) >= 11 is 0. The molecule has 1 saturated heterocycles. The zero-order valence-corrected chi connectivity index (χ0v) is 12.6. The number of aromatic amines is 1. The molecule has 0 unspecified atom stereocenters. The molecule has 2 rings (SSSR count). The monoisotopic (exact) mass is 279 g/mol. The van der Waals surface area contributed by atoms with Crippen LogP contribution in [0.5, 0.6) is 0 Å². The molecular formula is C15H25N3O2. The third-order valence-electron chi connectivity index (χ3n) is 3.85. The van der Waals surface area contributed by atoms with Crippen LogP contribution in [0.4, 0.5) is 0 Å². The molecule has 0 aliphatic carbocycles. The highest BCUT2D eigenvalue weighted by Gasteiger charge is 2.32. The molecule has 2 heterocycles. The molecule has 1 fully saturated rings. The number of nitrogens with zero attached hydrogens (tertiary/aromatic N) is 2. The second-order valence-electron chi connectivity index (χ2n) is 5.88. The van der Waals surface area contributed by atoms with E-state index in [9.17, 15) is 4.79 Å². The summed E-state index contributed by atoms with van der Waals surface area (Å²) in [5.41, 5.74) is 0.628. The molecule has 0 spiro atoms. The lowest BCUT2D eigenvalue weighted by molar-refractivity contribution is -0.0962. The number of amides is 1. The van der Waals surface area contributed by atoms with Crippen molar-refractivity contribution >= 4 is 5.91 Å². The van der Waals surface area contributed by atoms with Crippen LogP contribution < -0.4 is 0 Å². The number of H-pyrrole nitrogens is 1. The predicted molar refractivity (Wildman–Crippen MR) is 77.5 cm³/mol. The van der Waals surface area contributed by atoms with Gasteiger partial charge >= 0.3 is 0 Å². The Morgan fingerprint density at radius 2 is 2.35 bits per heavy atom. The van der Waals surface area contributed by atoms with Crippen molar-refractivity contribution in [2.45, 2.75) is 52.2 Å². The van der Waals surface area contributed by atoms with Crippen LogP contribution in [-0.2, 0) is 4.74 Å². The van der Waals surface area contributed by atoms with Gasteiger partial charge in [-0.3, -0.25) is 9.89 Å². The Hall–Kier alpha value is -1.36. The topological polar surface area (TPSA) is 58.2 Å². The van der Waals surface area contributed by atoms with Crippen molar-refractivity contribution in [3.8, 4) is 0 Å². The van der Waals surface area contributed by atoms with Crippen LogP contribution in [0, 0.1) is 5.92 Å². The highest BCUT2D eigenvalue weighted by Crippen LogP contribution is 2.22. The molecule has 0 bridgehead atoms. The standard InChI is InChI=1S/C15H25N3O2/c1-4-5-6-13-9-18(10-14(20-13)11(2)3)15(19)12-7-16-17-8-12/h7-8,11,13-14H,4-6,9-10H2,1-3H3,(H,16,17)/t13-,14-/m1/s1. The van der Waals surface area contributed by atoms with E-state index in [1.807, 2.05) is 4.90 Å². The maximum atomic E-state index is 12.5. The molecule has 1 amide bonds. The molecule has 1 aliphatic rings. The molecule has 5 heteroatoms. The largest absolute Gasteiger partial charge is 0.371 e. The van der Waals surface area contributed by atoms with E-state index in [1.54, 1.807) is 12.4 Å². The van der Waals surface area contributed by atoms with E-state index < -0.39 is 0 Å². The number of unbranched alkanes of at least 4 members (excludes halogenated alkanes) is 1. The summed E-state index contributed by atoms with van der Waals surface area (Å²) in [6, 6.07) is 0. The van der Waals surface area contributed by atoms with E-state index in [-0.39, 0.29) is 18.1 Å². The van der Waals surface area contributed by atoms with Gasteiger partial charge in [-0.15, -0.1) is 0 Å². The van der Waals surface area contributed by atoms with Gasteiger partial charge < -0.3 is 9.64 Å². The van der Waals surface area contributed by atoms with Crippen LogP contribution in [0.2, 0.25) is 0 Å². The molecular weight excluding hydrogens is 254 g/mol. The van der Waals surface area contributed by atoms with Crippen molar-refractivity contribution in [1.29, 1.82) is 0 Å². The highest BCUT2D eigenvalue weighted by molar-refractivity contribution is 5.93. The first-order chi connectivity index (χ1) is 9.61. The van der Waals surface area contributed by atoms with Crippen molar-refractivity contribution in [3.05, 3.63) is 18.0 Å². The molecule has 0 saturated carbocycles. The van der Waals surface area contributed by atoms with Crippen molar-refractivity contribution in [2.75, 3.05) is 13.1 Å². The maximum Gasteiger partial charge on any atom is 0.257 e. The number of hydrogen-bond acceptors (Lipinski definition) is 3. The molecule has 1 N–H and O–H groups in total. The Bertz CT molecular complexity index is 417. The number of nitrogens with one attached hydrogen (secondary N) is 1. The van der Waals surface area contributed by atoms with Gasteiger partial charge in [0.15, 0.2) is 0 Å². The second-order valence-corrected chi connectivity index (χ2v) is 5.88. The number of carbonyl (C=O) groups excluding carboxylic acids is 1. The lowest BCUT2D eigenvalue weighted by Crippen LogP contribution is -2.51. The number of hydrogen-bond donors (Lipinski definition) is 1. The van der Waals surface area contributed by atoms with Gasteiger partial charge in [0.1, 0.15) is 0 Å². The third-order valence-corrected chi connectivity index (χ3v) is 3.85. The smallest absolute Gasteiger partial charge is 0.257 e. The van der Waals surface area contributed by atoms with Crippen LogP contribution in [0.15, 0.2) is 12.4 Å². The minimum Gasteiger partial charge on any atom is -0.371 e. The predicted octanol–water partition coefficient (Wildman–Crippen LogP) is 2.47. The molecule has 0 aromatic carbocycles. The van der Waals surface area contributed by atoms with Crippen molar-refractivity contribution < 1.29 is 9.53 Å². The van der Waals surface area contributed by atoms with Crippen molar-refractivity contribution in [1.82, 2.24) is 15.1 Å². The molecule has 1 aromatic rings. The van der Waals surface area contributed by atoms with Gasteiger partial charge in [-0.1, -0.05) is 33.6 Å². The van der Waals surface area contributed by atoms with Crippen LogP contribution in [0.3, 0.4) is 0 Å². The zero-order valence-electron chi connectivity index (χ0n) is 12.6. The second kappa shape index (κ2) is 6.88. The van der Waals surface area contributed by atoms with Crippen molar-refractivity contribution in [2.24, 2.45) is 5.92 Å². The van der Waals surface area contributed by atoms with Crippen molar-refractivity contribution in [3.63, 3.8) is 0 Å². The average Bonchev–Trinajstić information content (AvgIpc) is 2.98. The Kier molecular flexibility index (Phi) is 5.17. The van der Waals surface area contributed by atoms with E-state index in [4.69, 9.17) is 4.74 Å². The lowest BCUT2D eigenvalue weighted by atomic mass is 10.0. The Morgan fingerprint density at radius 1 is 1.55 bits per heavy atom. The number of aromatic nitrogens is 2. The molecule has 5 nitrogen and oxygen atoms in total. The van der Waals surface area contributed by atoms with Gasteiger partial charge in [0.2, 0.25) is 0 Å². The third kappa shape index (κ3) is 3.60. The quantitative estimate of drug-likeness (QED) is 0.900. The number of rotatable bonds is 5. The Labute approximate surface area is 120 Å². The number of carbonyl (C=O) groups is 1. The SMILES string of the molecule is CCCC[C@@H]1CN(C(=O)c2cn[nH]c2)C[C@H](C(C)C)O1. The highest BCUT2D eigenvalue weighted by atomic mass is 16.5. The summed E-state index contributed by atoms with van der Waals surface area (Å²) in [6.45, 7) is 7.83. The van der Waals surface area contributed by atoms with Crippen LogP contribution in [-0.4, -0.2) is 46.3 Å². The van der Waals surface area contributed by atoms with E-state index in [0.29, 0.717) is 24.6 Å².